The molecule has 0 aliphatic heterocycles. The molecule has 0 saturated heterocycles. The summed E-state index contributed by atoms with van der Waals surface area (Å²) in [4.78, 5) is 7.91. The third-order valence-corrected chi connectivity index (χ3v) is 1.59. The average Bonchev–Trinajstić information content (AvgIpc) is 2.03. The van der Waals surface area contributed by atoms with Crippen molar-refractivity contribution in [2.45, 2.75) is 13.5 Å². The Bertz CT molecular complexity index is 275. The van der Waals surface area contributed by atoms with Gasteiger partial charge in [-0.3, -0.25) is 14.2 Å². The summed E-state index contributed by atoms with van der Waals surface area (Å²) in [7, 11) is 0. The normalized spacial score (nSPS) is 12.8. The highest BCUT2D eigenvalue weighted by Gasteiger charge is 1.93. The van der Waals surface area contributed by atoms with Crippen LogP contribution in [0.4, 0.5) is 0 Å². The van der Waals surface area contributed by atoms with Gasteiger partial charge in [0.25, 0.3) is 0 Å². The van der Waals surface area contributed by atoms with E-state index in [1.165, 1.54) is 6.20 Å². The third-order valence-electron chi connectivity index (χ3n) is 1.21. The van der Waals surface area contributed by atoms with Gasteiger partial charge in [-0.25, -0.2) is 4.72 Å². The minimum atomic E-state index is -2.24. The van der Waals surface area contributed by atoms with Crippen molar-refractivity contribution >= 4 is 11.3 Å². The molecule has 0 fully saturated rings. The third kappa shape index (κ3) is 3.04. The van der Waals surface area contributed by atoms with E-state index in [4.69, 9.17) is 0 Å². The van der Waals surface area contributed by atoms with Gasteiger partial charge in [-0.1, -0.05) is 0 Å². The molecular formula is C6H8N3O2S-. The van der Waals surface area contributed by atoms with Gasteiger partial charge in [0, 0.05) is 17.5 Å². The van der Waals surface area contributed by atoms with Crippen LogP contribution in [0.5, 0.6) is 0 Å². The minimum absolute atomic E-state index is 0.184. The van der Waals surface area contributed by atoms with Gasteiger partial charge >= 0.3 is 0 Å². The maximum atomic E-state index is 10.1. The van der Waals surface area contributed by atoms with Crippen molar-refractivity contribution in [3.8, 4) is 0 Å². The Morgan fingerprint density at radius 2 is 2.33 bits per heavy atom. The predicted octanol–water partition coefficient (Wildman–Crippen LogP) is -0.331. The standard InChI is InChI=1S/C6H9N3O2S/c1-5-2-8-6(3-7-5)4-9-12(10)11/h2-3,9H,4H2,1H3,(H,10,11)/p-1. The SMILES string of the molecule is Cc1cnc(CNS(=O)[O-])cn1. The first kappa shape index (κ1) is 9.24. The van der Waals surface area contributed by atoms with E-state index < -0.39 is 11.3 Å². The first-order valence-corrected chi connectivity index (χ1v) is 4.36. The van der Waals surface area contributed by atoms with Gasteiger partial charge in [0.2, 0.25) is 0 Å². The molecule has 0 aromatic carbocycles. The van der Waals surface area contributed by atoms with E-state index in [1.807, 2.05) is 6.92 Å². The zero-order valence-corrected chi connectivity index (χ0v) is 7.30. The molecule has 1 N–H and O–H groups in total. The number of hydrogen-bond donors (Lipinski definition) is 1. The molecular weight excluding hydrogens is 178 g/mol. The summed E-state index contributed by atoms with van der Waals surface area (Å²) < 4.78 is 22.4. The Hall–Kier alpha value is -0.850. The van der Waals surface area contributed by atoms with Crippen molar-refractivity contribution in [1.29, 1.82) is 0 Å². The second kappa shape index (κ2) is 4.24. The molecule has 5 nitrogen and oxygen atoms in total. The van der Waals surface area contributed by atoms with Crippen LogP contribution in [0.25, 0.3) is 0 Å². The zero-order chi connectivity index (χ0) is 8.97. The molecule has 0 saturated carbocycles. The van der Waals surface area contributed by atoms with Crippen LogP contribution in [0.3, 0.4) is 0 Å². The molecule has 66 valence electrons. The molecule has 1 heterocycles. The van der Waals surface area contributed by atoms with Crippen molar-refractivity contribution < 1.29 is 8.76 Å². The van der Waals surface area contributed by atoms with Gasteiger partial charge in [-0.15, -0.1) is 0 Å². The number of aryl methyl sites for hydroxylation is 1. The van der Waals surface area contributed by atoms with Crippen LogP contribution >= 0.6 is 0 Å². The molecule has 6 heteroatoms. The zero-order valence-electron chi connectivity index (χ0n) is 6.48. The number of hydrogen-bond acceptors (Lipinski definition) is 4. The van der Waals surface area contributed by atoms with E-state index in [0.717, 1.165) is 5.69 Å². The molecule has 0 aliphatic rings. The van der Waals surface area contributed by atoms with Crippen molar-refractivity contribution in [3.05, 3.63) is 23.8 Å². The average molecular weight is 186 g/mol. The second-order valence-corrected chi connectivity index (χ2v) is 2.96. The van der Waals surface area contributed by atoms with Crippen molar-refractivity contribution in [2.75, 3.05) is 0 Å². The first-order chi connectivity index (χ1) is 5.68. The molecule has 1 unspecified atom stereocenters. The topological polar surface area (TPSA) is 77.9 Å². The molecule has 1 aromatic heterocycles. The van der Waals surface area contributed by atoms with Gasteiger partial charge in [0.05, 0.1) is 24.1 Å². The van der Waals surface area contributed by atoms with Crippen LogP contribution in [-0.4, -0.2) is 18.7 Å². The maximum absolute atomic E-state index is 10.1. The quantitative estimate of drug-likeness (QED) is 0.655. The molecule has 0 bridgehead atoms. The van der Waals surface area contributed by atoms with E-state index in [0.29, 0.717) is 5.69 Å². The summed E-state index contributed by atoms with van der Waals surface area (Å²) in [5, 5.41) is 0. The van der Waals surface area contributed by atoms with Gasteiger partial charge in [-0.2, -0.15) is 0 Å². The molecule has 1 aromatic rings. The lowest BCUT2D eigenvalue weighted by molar-refractivity contribution is 0.522. The molecule has 0 amide bonds. The molecule has 1 rings (SSSR count). The van der Waals surface area contributed by atoms with Crippen molar-refractivity contribution in [2.24, 2.45) is 0 Å². The fourth-order valence-electron chi connectivity index (χ4n) is 0.643. The van der Waals surface area contributed by atoms with Crippen molar-refractivity contribution in [1.82, 2.24) is 14.7 Å². The van der Waals surface area contributed by atoms with Crippen LogP contribution in [0.2, 0.25) is 0 Å². The minimum Gasteiger partial charge on any atom is -0.760 e. The highest BCUT2D eigenvalue weighted by molar-refractivity contribution is 7.77. The van der Waals surface area contributed by atoms with Crippen molar-refractivity contribution in [3.63, 3.8) is 0 Å². The van der Waals surface area contributed by atoms with Crippen LogP contribution in [0.1, 0.15) is 11.4 Å². The number of rotatable bonds is 3. The fraction of sp³-hybridized carbons (Fsp3) is 0.333. The lowest BCUT2D eigenvalue weighted by Gasteiger charge is -2.05. The Labute approximate surface area is 72.7 Å². The Morgan fingerprint density at radius 3 is 2.83 bits per heavy atom. The molecule has 0 radical (unpaired) electrons. The summed E-state index contributed by atoms with van der Waals surface area (Å²) in [5.74, 6) is 0. The van der Waals surface area contributed by atoms with Crippen LogP contribution < -0.4 is 4.72 Å². The van der Waals surface area contributed by atoms with Crippen LogP contribution in [-0.2, 0) is 17.8 Å². The summed E-state index contributed by atoms with van der Waals surface area (Å²) in [6.45, 7) is 2.00. The van der Waals surface area contributed by atoms with Gasteiger partial charge in [-0.05, 0) is 6.92 Å². The fourth-order valence-corrected chi connectivity index (χ4v) is 0.909. The summed E-state index contributed by atoms with van der Waals surface area (Å²) in [6.07, 6.45) is 3.12. The largest absolute Gasteiger partial charge is 0.760 e. The Balaban J connectivity index is 2.53. The van der Waals surface area contributed by atoms with E-state index >= 15 is 0 Å². The van der Waals surface area contributed by atoms with E-state index in [1.54, 1.807) is 6.20 Å². The number of nitrogens with zero attached hydrogens (tertiary/aromatic N) is 2. The van der Waals surface area contributed by atoms with E-state index in [9.17, 15) is 8.76 Å². The second-order valence-electron chi connectivity index (χ2n) is 2.20. The lowest BCUT2D eigenvalue weighted by atomic mass is 10.4. The molecule has 0 aliphatic carbocycles. The van der Waals surface area contributed by atoms with Gasteiger partial charge in [0.1, 0.15) is 0 Å². The Morgan fingerprint density at radius 1 is 1.58 bits per heavy atom. The highest BCUT2D eigenvalue weighted by Crippen LogP contribution is 1.92. The van der Waals surface area contributed by atoms with Gasteiger partial charge < -0.3 is 4.55 Å². The van der Waals surface area contributed by atoms with E-state index in [-0.39, 0.29) is 6.54 Å². The van der Waals surface area contributed by atoms with Crippen LogP contribution in [0, 0.1) is 6.92 Å². The molecule has 1 atom stereocenters. The summed E-state index contributed by atoms with van der Waals surface area (Å²) in [6, 6.07) is 0. The monoisotopic (exact) mass is 186 g/mol. The number of aromatic nitrogens is 2. The lowest BCUT2D eigenvalue weighted by Crippen LogP contribution is -2.16. The summed E-state index contributed by atoms with van der Waals surface area (Å²) >= 11 is -2.24. The van der Waals surface area contributed by atoms with E-state index in [2.05, 4.69) is 14.7 Å². The smallest absolute Gasteiger partial charge is 0.0734 e. The summed E-state index contributed by atoms with van der Waals surface area (Å²) in [5.41, 5.74) is 1.41. The first-order valence-electron chi connectivity index (χ1n) is 3.29. The van der Waals surface area contributed by atoms with Crippen LogP contribution in [0.15, 0.2) is 12.4 Å². The number of nitrogens with one attached hydrogen (secondary N) is 1. The molecule has 0 spiro atoms. The predicted molar refractivity (Wildman–Crippen MR) is 42.5 cm³/mol. The maximum Gasteiger partial charge on any atom is 0.0734 e. The Kier molecular flexibility index (Phi) is 3.27. The van der Waals surface area contributed by atoms with Gasteiger partial charge in [0.15, 0.2) is 0 Å². The molecule has 12 heavy (non-hydrogen) atoms. The highest BCUT2D eigenvalue weighted by atomic mass is 32.2.